The van der Waals surface area contributed by atoms with Crippen LogP contribution in [0.5, 0.6) is 5.75 Å². The minimum Gasteiger partial charge on any atom is -0.496 e. The van der Waals surface area contributed by atoms with E-state index >= 15 is 0 Å². The number of imidazole rings is 1. The number of aromatic nitrogens is 2. The fraction of sp³-hybridized carbons (Fsp3) is 0.238. The smallest absolute Gasteiger partial charge is 0.251 e. The molecule has 0 spiro atoms. The summed E-state index contributed by atoms with van der Waals surface area (Å²) in [7, 11) is 1.63. The second-order valence-corrected chi connectivity index (χ2v) is 6.24. The third-order valence-corrected chi connectivity index (χ3v) is 4.45. The highest BCUT2D eigenvalue weighted by molar-refractivity contribution is 5.94. The topological polar surface area (TPSA) is 56.1 Å². The van der Waals surface area contributed by atoms with Crippen LogP contribution in [0.15, 0.2) is 60.9 Å². The molecule has 3 rings (SSSR count). The second-order valence-electron chi connectivity index (χ2n) is 6.24. The first-order valence-electron chi connectivity index (χ1n) is 8.59. The molecule has 1 atom stereocenters. The molecular formula is C21H23N3O2. The Kier molecular flexibility index (Phi) is 5.37. The van der Waals surface area contributed by atoms with E-state index < -0.39 is 0 Å². The van der Waals surface area contributed by atoms with Crippen LogP contribution in [0, 0.1) is 6.92 Å². The Morgan fingerprint density at radius 2 is 1.92 bits per heavy atom. The zero-order chi connectivity index (χ0) is 18.5. The minimum atomic E-state index is -0.146. The molecule has 0 fully saturated rings. The van der Waals surface area contributed by atoms with Crippen molar-refractivity contribution < 1.29 is 9.53 Å². The number of methoxy groups -OCH3 is 1. The SMILES string of the molecule is COc1ccccc1C(C)NC(=O)c1ccc(Cn2ccnc2C)cc1. The Morgan fingerprint density at radius 1 is 1.19 bits per heavy atom. The van der Waals surface area contributed by atoms with Crippen molar-refractivity contribution in [3.63, 3.8) is 0 Å². The molecule has 3 aromatic rings. The highest BCUT2D eigenvalue weighted by Crippen LogP contribution is 2.24. The lowest BCUT2D eigenvalue weighted by atomic mass is 10.1. The molecule has 26 heavy (non-hydrogen) atoms. The Hall–Kier alpha value is -3.08. The molecule has 0 saturated heterocycles. The number of benzene rings is 2. The van der Waals surface area contributed by atoms with Crippen molar-refractivity contribution in [2.75, 3.05) is 7.11 Å². The van der Waals surface area contributed by atoms with E-state index in [0.717, 1.165) is 29.2 Å². The third kappa shape index (κ3) is 3.94. The van der Waals surface area contributed by atoms with Gasteiger partial charge in [0, 0.05) is 30.1 Å². The number of amides is 1. The van der Waals surface area contributed by atoms with Gasteiger partial charge in [0.05, 0.1) is 13.2 Å². The number of carbonyl (C=O) groups excluding carboxylic acids is 1. The lowest BCUT2D eigenvalue weighted by Gasteiger charge is -2.17. The molecule has 1 aromatic heterocycles. The molecule has 0 aliphatic carbocycles. The minimum absolute atomic E-state index is 0.103. The van der Waals surface area contributed by atoms with Gasteiger partial charge in [0.25, 0.3) is 5.91 Å². The first-order chi connectivity index (χ1) is 12.6. The van der Waals surface area contributed by atoms with Gasteiger partial charge in [0.1, 0.15) is 11.6 Å². The molecule has 134 valence electrons. The van der Waals surface area contributed by atoms with Gasteiger partial charge in [-0.15, -0.1) is 0 Å². The molecule has 1 unspecified atom stereocenters. The van der Waals surface area contributed by atoms with Gasteiger partial charge in [-0.05, 0) is 37.6 Å². The number of nitrogens with one attached hydrogen (secondary N) is 1. The van der Waals surface area contributed by atoms with Crippen molar-refractivity contribution in [1.82, 2.24) is 14.9 Å². The largest absolute Gasteiger partial charge is 0.496 e. The van der Waals surface area contributed by atoms with E-state index in [0.29, 0.717) is 5.56 Å². The van der Waals surface area contributed by atoms with Gasteiger partial charge in [-0.3, -0.25) is 4.79 Å². The highest BCUT2D eigenvalue weighted by Gasteiger charge is 2.14. The summed E-state index contributed by atoms with van der Waals surface area (Å²) in [6.45, 7) is 4.67. The first-order valence-corrected chi connectivity index (χ1v) is 8.59. The Morgan fingerprint density at radius 3 is 2.58 bits per heavy atom. The molecule has 0 aliphatic heterocycles. The summed E-state index contributed by atoms with van der Waals surface area (Å²) in [4.78, 5) is 16.8. The van der Waals surface area contributed by atoms with Gasteiger partial charge in [0.2, 0.25) is 0 Å². The number of aryl methyl sites for hydroxylation is 1. The number of carbonyl (C=O) groups is 1. The van der Waals surface area contributed by atoms with Crippen molar-refractivity contribution in [2.45, 2.75) is 26.4 Å². The molecule has 0 aliphatic rings. The molecule has 0 saturated carbocycles. The first kappa shape index (κ1) is 17.7. The number of ether oxygens (including phenoxy) is 1. The molecule has 5 nitrogen and oxygen atoms in total. The van der Waals surface area contributed by atoms with Gasteiger partial charge in [-0.1, -0.05) is 30.3 Å². The summed E-state index contributed by atoms with van der Waals surface area (Å²) < 4.78 is 7.44. The fourth-order valence-corrected chi connectivity index (χ4v) is 2.91. The summed E-state index contributed by atoms with van der Waals surface area (Å²) >= 11 is 0. The van der Waals surface area contributed by atoms with Crippen molar-refractivity contribution in [3.05, 3.63) is 83.4 Å². The second kappa shape index (κ2) is 7.87. The summed E-state index contributed by atoms with van der Waals surface area (Å²) in [6.07, 6.45) is 3.74. The van der Waals surface area contributed by atoms with Crippen LogP contribution in [0.1, 0.15) is 40.3 Å². The third-order valence-electron chi connectivity index (χ3n) is 4.45. The summed E-state index contributed by atoms with van der Waals surface area (Å²) in [6, 6.07) is 15.2. The summed E-state index contributed by atoms with van der Waals surface area (Å²) in [5.41, 5.74) is 2.72. The maximum atomic E-state index is 12.5. The fourth-order valence-electron chi connectivity index (χ4n) is 2.91. The Labute approximate surface area is 153 Å². The molecule has 0 radical (unpaired) electrons. The highest BCUT2D eigenvalue weighted by atomic mass is 16.5. The summed E-state index contributed by atoms with van der Waals surface area (Å²) in [5.74, 6) is 1.64. The van der Waals surface area contributed by atoms with Crippen LogP contribution < -0.4 is 10.1 Å². The van der Waals surface area contributed by atoms with Crippen LogP contribution in [-0.2, 0) is 6.54 Å². The molecule has 5 heteroatoms. The van der Waals surface area contributed by atoms with Crippen LogP contribution >= 0.6 is 0 Å². The number of nitrogens with zero attached hydrogens (tertiary/aromatic N) is 2. The van der Waals surface area contributed by atoms with E-state index in [1.54, 1.807) is 13.3 Å². The molecule has 0 bridgehead atoms. The van der Waals surface area contributed by atoms with Crippen LogP contribution in [0.2, 0.25) is 0 Å². The lowest BCUT2D eigenvalue weighted by Crippen LogP contribution is -2.26. The number of hydrogen-bond donors (Lipinski definition) is 1. The maximum absolute atomic E-state index is 12.5. The van der Waals surface area contributed by atoms with E-state index in [9.17, 15) is 4.79 Å². The molecule has 1 amide bonds. The Balaban J connectivity index is 1.67. The van der Waals surface area contributed by atoms with Gasteiger partial charge in [-0.25, -0.2) is 4.98 Å². The lowest BCUT2D eigenvalue weighted by molar-refractivity contribution is 0.0939. The van der Waals surface area contributed by atoms with Crippen molar-refractivity contribution in [3.8, 4) is 5.75 Å². The Bertz CT molecular complexity index is 884. The van der Waals surface area contributed by atoms with Gasteiger partial charge in [-0.2, -0.15) is 0 Å². The van der Waals surface area contributed by atoms with Gasteiger partial charge < -0.3 is 14.6 Å². The monoisotopic (exact) mass is 349 g/mol. The quantitative estimate of drug-likeness (QED) is 0.737. The molecular weight excluding hydrogens is 326 g/mol. The number of para-hydroxylation sites is 1. The zero-order valence-corrected chi connectivity index (χ0v) is 15.3. The van der Waals surface area contributed by atoms with E-state index in [-0.39, 0.29) is 11.9 Å². The normalized spacial score (nSPS) is 11.8. The maximum Gasteiger partial charge on any atom is 0.251 e. The van der Waals surface area contributed by atoms with E-state index in [2.05, 4.69) is 14.9 Å². The van der Waals surface area contributed by atoms with Crippen LogP contribution in [-0.4, -0.2) is 22.6 Å². The average molecular weight is 349 g/mol. The predicted octanol–water partition coefficient (Wildman–Crippen LogP) is 3.74. The van der Waals surface area contributed by atoms with E-state index in [4.69, 9.17) is 4.74 Å². The average Bonchev–Trinajstić information content (AvgIpc) is 3.06. The standard InChI is InChI=1S/C21H23N3O2/c1-15(19-6-4-5-7-20(19)26-3)23-21(25)18-10-8-17(9-11-18)14-24-13-12-22-16(24)2/h4-13,15H,14H2,1-3H3,(H,23,25). The van der Waals surface area contributed by atoms with Crippen LogP contribution in [0.25, 0.3) is 0 Å². The van der Waals surface area contributed by atoms with Crippen LogP contribution in [0.4, 0.5) is 0 Å². The van der Waals surface area contributed by atoms with Gasteiger partial charge >= 0.3 is 0 Å². The molecule has 1 N–H and O–H groups in total. The van der Waals surface area contributed by atoms with Crippen molar-refractivity contribution in [2.24, 2.45) is 0 Å². The van der Waals surface area contributed by atoms with Crippen molar-refractivity contribution >= 4 is 5.91 Å². The zero-order valence-electron chi connectivity index (χ0n) is 15.3. The molecule has 2 aromatic carbocycles. The number of hydrogen-bond acceptors (Lipinski definition) is 3. The predicted molar refractivity (Wildman–Crippen MR) is 101 cm³/mol. The molecule has 1 heterocycles. The van der Waals surface area contributed by atoms with E-state index in [1.165, 1.54) is 0 Å². The van der Waals surface area contributed by atoms with E-state index in [1.807, 2.05) is 68.6 Å². The van der Waals surface area contributed by atoms with Crippen molar-refractivity contribution in [1.29, 1.82) is 0 Å². The summed E-state index contributed by atoms with van der Waals surface area (Å²) in [5, 5.41) is 3.03. The number of rotatable bonds is 6. The van der Waals surface area contributed by atoms with Gasteiger partial charge in [0.15, 0.2) is 0 Å². The van der Waals surface area contributed by atoms with Crippen LogP contribution in [0.3, 0.4) is 0 Å².